The third kappa shape index (κ3) is 2.17. The number of hydrogen-bond donors (Lipinski definition) is 0. The first kappa shape index (κ1) is 11.4. The fourth-order valence-corrected chi connectivity index (χ4v) is 2.36. The molecule has 0 atom stereocenters. The van der Waals surface area contributed by atoms with Gasteiger partial charge in [-0.15, -0.1) is 0 Å². The van der Waals surface area contributed by atoms with Crippen molar-refractivity contribution in [1.82, 2.24) is 9.47 Å². The van der Waals surface area contributed by atoms with Gasteiger partial charge in [0.05, 0.1) is 19.9 Å². The number of hydrogen-bond acceptors (Lipinski definition) is 3. The molecule has 0 bridgehead atoms. The van der Waals surface area contributed by atoms with Crippen LogP contribution in [0.2, 0.25) is 0 Å². The number of carbonyl (C=O) groups excluding carboxylic acids is 1. The summed E-state index contributed by atoms with van der Waals surface area (Å²) in [5.74, 6) is 0. The number of rotatable bonds is 3. The van der Waals surface area contributed by atoms with Crippen molar-refractivity contribution in [2.75, 3.05) is 26.3 Å². The minimum absolute atomic E-state index is 0.726. The Kier molecular flexibility index (Phi) is 3.13. The molecule has 94 valence electrons. The SMILES string of the molecule is O=Cc1ccc2ccn(CN3CCOCC3)c2c1. The van der Waals surface area contributed by atoms with E-state index in [0.717, 1.165) is 50.3 Å². The molecule has 4 heteroatoms. The summed E-state index contributed by atoms with van der Waals surface area (Å²) in [6.07, 6.45) is 2.97. The van der Waals surface area contributed by atoms with E-state index < -0.39 is 0 Å². The highest BCUT2D eigenvalue weighted by molar-refractivity contribution is 5.87. The molecule has 1 saturated heterocycles. The molecule has 18 heavy (non-hydrogen) atoms. The van der Waals surface area contributed by atoms with Crippen molar-refractivity contribution >= 4 is 17.2 Å². The van der Waals surface area contributed by atoms with Crippen LogP contribution in [0.3, 0.4) is 0 Å². The van der Waals surface area contributed by atoms with Crippen LogP contribution in [0.4, 0.5) is 0 Å². The molecule has 1 aromatic carbocycles. The van der Waals surface area contributed by atoms with E-state index in [2.05, 4.69) is 21.7 Å². The number of benzene rings is 1. The average molecular weight is 244 g/mol. The van der Waals surface area contributed by atoms with Gasteiger partial charge in [0.25, 0.3) is 0 Å². The molecule has 0 aliphatic carbocycles. The predicted molar refractivity (Wildman–Crippen MR) is 69.7 cm³/mol. The van der Waals surface area contributed by atoms with Gasteiger partial charge in [-0.05, 0) is 17.5 Å². The van der Waals surface area contributed by atoms with Crippen LogP contribution < -0.4 is 0 Å². The zero-order chi connectivity index (χ0) is 12.4. The Hall–Kier alpha value is -1.65. The van der Waals surface area contributed by atoms with E-state index in [0.29, 0.717) is 0 Å². The minimum atomic E-state index is 0.726. The molecule has 0 amide bonds. The Labute approximate surface area is 106 Å². The Morgan fingerprint density at radius 1 is 1.22 bits per heavy atom. The maximum atomic E-state index is 10.8. The highest BCUT2D eigenvalue weighted by Crippen LogP contribution is 2.17. The van der Waals surface area contributed by atoms with E-state index in [1.807, 2.05) is 18.2 Å². The average Bonchev–Trinajstić information content (AvgIpc) is 2.82. The zero-order valence-electron chi connectivity index (χ0n) is 10.2. The van der Waals surface area contributed by atoms with Gasteiger partial charge < -0.3 is 9.30 Å². The summed E-state index contributed by atoms with van der Waals surface area (Å²) in [7, 11) is 0. The van der Waals surface area contributed by atoms with E-state index >= 15 is 0 Å². The van der Waals surface area contributed by atoms with Crippen LogP contribution in [0.5, 0.6) is 0 Å². The third-order valence-electron chi connectivity index (χ3n) is 3.39. The lowest BCUT2D eigenvalue weighted by Crippen LogP contribution is -2.37. The van der Waals surface area contributed by atoms with E-state index in [1.54, 1.807) is 0 Å². The normalized spacial score (nSPS) is 17.1. The van der Waals surface area contributed by atoms with Crippen molar-refractivity contribution in [3.05, 3.63) is 36.0 Å². The molecule has 2 aromatic rings. The van der Waals surface area contributed by atoms with Crippen LogP contribution in [0.25, 0.3) is 10.9 Å². The van der Waals surface area contributed by atoms with Gasteiger partial charge in [-0.25, -0.2) is 0 Å². The monoisotopic (exact) mass is 244 g/mol. The lowest BCUT2D eigenvalue weighted by Gasteiger charge is -2.27. The number of ether oxygens (including phenoxy) is 1. The van der Waals surface area contributed by atoms with Crippen LogP contribution in [0, 0.1) is 0 Å². The van der Waals surface area contributed by atoms with E-state index in [-0.39, 0.29) is 0 Å². The van der Waals surface area contributed by atoms with Crippen LogP contribution in [-0.4, -0.2) is 42.1 Å². The molecule has 3 rings (SSSR count). The first-order chi connectivity index (χ1) is 8.86. The second-order valence-corrected chi connectivity index (χ2v) is 4.59. The van der Waals surface area contributed by atoms with E-state index in [4.69, 9.17) is 4.74 Å². The summed E-state index contributed by atoms with van der Waals surface area (Å²) in [6, 6.07) is 7.89. The fourth-order valence-electron chi connectivity index (χ4n) is 2.36. The molecule has 1 fully saturated rings. The van der Waals surface area contributed by atoms with Gasteiger partial charge in [0.2, 0.25) is 0 Å². The van der Waals surface area contributed by atoms with Gasteiger partial charge in [-0.2, -0.15) is 0 Å². The lowest BCUT2D eigenvalue weighted by atomic mass is 10.2. The lowest BCUT2D eigenvalue weighted by molar-refractivity contribution is 0.0242. The minimum Gasteiger partial charge on any atom is -0.379 e. The summed E-state index contributed by atoms with van der Waals surface area (Å²) in [5, 5.41) is 1.17. The van der Waals surface area contributed by atoms with E-state index in [1.165, 1.54) is 5.39 Å². The third-order valence-corrected chi connectivity index (χ3v) is 3.39. The van der Waals surface area contributed by atoms with Gasteiger partial charge in [0, 0.05) is 30.4 Å². The molecule has 0 N–H and O–H groups in total. The molecule has 4 nitrogen and oxygen atoms in total. The topological polar surface area (TPSA) is 34.5 Å². The zero-order valence-corrected chi connectivity index (χ0v) is 10.2. The van der Waals surface area contributed by atoms with Crippen LogP contribution in [-0.2, 0) is 11.4 Å². The molecule has 0 unspecified atom stereocenters. The molecule has 1 aliphatic heterocycles. The Bertz CT molecular complexity index is 556. The van der Waals surface area contributed by atoms with Crippen molar-refractivity contribution in [3.8, 4) is 0 Å². The van der Waals surface area contributed by atoms with Gasteiger partial charge in [-0.3, -0.25) is 9.69 Å². The van der Waals surface area contributed by atoms with Gasteiger partial charge in [-0.1, -0.05) is 12.1 Å². The number of aldehydes is 1. The van der Waals surface area contributed by atoms with Crippen LogP contribution in [0.15, 0.2) is 30.5 Å². The Morgan fingerprint density at radius 3 is 2.83 bits per heavy atom. The number of aromatic nitrogens is 1. The standard InChI is InChI=1S/C14H16N2O2/c17-10-12-1-2-13-3-4-16(14(13)9-12)11-15-5-7-18-8-6-15/h1-4,9-10H,5-8,11H2. The first-order valence-corrected chi connectivity index (χ1v) is 6.21. The summed E-state index contributed by atoms with van der Waals surface area (Å²) < 4.78 is 7.53. The summed E-state index contributed by atoms with van der Waals surface area (Å²) in [5.41, 5.74) is 1.84. The molecule has 2 heterocycles. The highest BCUT2D eigenvalue weighted by Gasteiger charge is 2.11. The van der Waals surface area contributed by atoms with Gasteiger partial charge in [0.1, 0.15) is 6.29 Å². The van der Waals surface area contributed by atoms with E-state index in [9.17, 15) is 4.79 Å². The maximum absolute atomic E-state index is 10.8. The largest absolute Gasteiger partial charge is 0.379 e. The van der Waals surface area contributed by atoms with Crippen LogP contribution in [0.1, 0.15) is 10.4 Å². The Morgan fingerprint density at radius 2 is 2.06 bits per heavy atom. The molecule has 1 aliphatic rings. The van der Waals surface area contributed by atoms with Crippen molar-refractivity contribution < 1.29 is 9.53 Å². The highest BCUT2D eigenvalue weighted by atomic mass is 16.5. The number of carbonyl (C=O) groups is 1. The Balaban J connectivity index is 1.88. The fraction of sp³-hybridized carbons (Fsp3) is 0.357. The molecule has 0 radical (unpaired) electrons. The molecule has 0 saturated carbocycles. The molecular weight excluding hydrogens is 228 g/mol. The van der Waals surface area contributed by atoms with Gasteiger partial charge >= 0.3 is 0 Å². The summed E-state index contributed by atoms with van der Waals surface area (Å²) in [4.78, 5) is 13.2. The molecule has 0 spiro atoms. The number of morpholine rings is 1. The smallest absolute Gasteiger partial charge is 0.150 e. The van der Waals surface area contributed by atoms with Crippen LogP contribution >= 0.6 is 0 Å². The summed E-state index contributed by atoms with van der Waals surface area (Å²) >= 11 is 0. The maximum Gasteiger partial charge on any atom is 0.150 e. The van der Waals surface area contributed by atoms with Crippen molar-refractivity contribution in [1.29, 1.82) is 0 Å². The number of fused-ring (bicyclic) bond motifs is 1. The summed E-state index contributed by atoms with van der Waals surface area (Å²) in [6.45, 7) is 4.40. The van der Waals surface area contributed by atoms with Crippen molar-refractivity contribution in [2.24, 2.45) is 0 Å². The van der Waals surface area contributed by atoms with Crippen molar-refractivity contribution in [3.63, 3.8) is 0 Å². The number of nitrogens with zero attached hydrogens (tertiary/aromatic N) is 2. The molecular formula is C14H16N2O2. The van der Waals surface area contributed by atoms with Gasteiger partial charge in [0.15, 0.2) is 0 Å². The molecule has 1 aromatic heterocycles. The second-order valence-electron chi connectivity index (χ2n) is 4.59. The van der Waals surface area contributed by atoms with Crippen molar-refractivity contribution in [2.45, 2.75) is 6.67 Å². The second kappa shape index (κ2) is 4.92. The predicted octanol–water partition coefficient (Wildman–Crippen LogP) is 1.74. The first-order valence-electron chi connectivity index (χ1n) is 6.21. The quantitative estimate of drug-likeness (QED) is 0.771.